The molecule has 0 radical (unpaired) electrons. The van der Waals surface area contributed by atoms with E-state index in [0.717, 1.165) is 18.4 Å². The number of aryl methyl sites for hydroxylation is 1. The van der Waals surface area contributed by atoms with Gasteiger partial charge in [0.2, 0.25) is 0 Å². The van der Waals surface area contributed by atoms with Crippen molar-refractivity contribution < 1.29 is 24.2 Å². The van der Waals surface area contributed by atoms with Gasteiger partial charge < -0.3 is 9.84 Å². The third kappa shape index (κ3) is 6.33. The van der Waals surface area contributed by atoms with Gasteiger partial charge in [0.25, 0.3) is 0 Å². The topological polar surface area (TPSA) is 93.6 Å². The predicted molar refractivity (Wildman–Crippen MR) is 96.1 cm³/mol. The van der Waals surface area contributed by atoms with Gasteiger partial charge >= 0.3 is 5.97 Å². The minimum atomic E-state index is -1.03. The predicted octanol–water partition coefficient (Wildman–Crippen LogP) is 3.22. The fraction of sp³-hybridized carbons (Fsp3) is 0.600. The molecule has 26 heavy (non-hydrogen) atoms. The number of ketones is 2. The average molecular weight is 361 g/mol. The number of aliphatic carboxylic acids is 1. The van der Waals surface area contributed by atoms with E-state index in [1.54, 1.807) is 12.3 Å². The molecule has 6 heteroatoms. The number of aromatic nitrogens is 1. The molecule has 1 saturated carbocycles. The van der Waals surface area contributed by atoms with Crippen LogP contribution in [0.5, 0.6) is 0 Å². The Hall–Kier alpha value is -2.08. The van der Waals surface area contributed by atoms with E-state index in [9.17, 15) is 14.4 Å². The summed E-state index contributed by atoms with van der Waals surface area (Å²) < 4.78 is 5.57. The summed E-state index contributed by atoms with van der Waals surface area (Å²) >= 11 is 0. The van der Waals surface area contributed by atoms with Gasteiger partial charge in [-0.05, 0) is 43.7 Å². The van der Waals surface area contributed by atoms with Gasteiger partial charge in [-0.25, -0.2) is 0 Å². The Morgan fingerprint density at radius 3 is 2.62 bits per heavy atom. The molecule has 2 rings (SSSR count). The van der Waals surface area contributed by atoms with Crippen LogP contribution in [0.4, 0.5) is 0 Å². The maximum atomic E-state index is 12.7. The van der Waals surface area contributed by atoms with Crippen LogP contribution in [-0.4, -0.2) is 40.8 Å². The fourth-order valence-corrected chi connectivity index (χ4v) is 3.38. The van der Waals surface area contributed by atoms with Crippen LogP contribution in [0.1, 0.15) is 60.9 Å². The minimum Gasteiger partial charge on any atom is -0.481 e. The first kappa shape index (κ1) is 20.2. The zero-order valence-electron chi connectivity index (χ0n) is 15.3. The Balaban J connectivity index is 1.96. The van der Waals surface area contributed by atoms with Crippen molar-refractivity contribution in [3.8, 4) is 0 Å². The molecule has 0 spiro atoms. The molecule has 1 fully saturated rings. The zero-order valence-corrected chi connectivity index (χ0v) is 15.3. The first-order valence-corrected chi connectivity index (χ1v) is 9.25. The lowest BCUT2D eigenvalue weighted by Crippen LogP contribution is -2.29. The second kappa shape index (κ2) is 10.2. The van der Waals surface area contributed by atoms with E-state index >= 15 is 0 Å². The summed E-state index contributed by atoms with van der Waals surface area (Å²) in [5, 5.41) is 8.92. The molecule has 1 aromatic rings. The quantitative estimate of drug-likeness (QED) is 0.508. The number of carboxylic acids is 1. The lowest BCUT2D eigenvalue weighted by Gasteiger charge is -2.21. The molecule has 1 aliphatic rings. The summed E-state index contributed by atoms with van der Waals surface area (Å²) in [5.41, 5.74) is 1.15. The molecule has 1 aliphatic carbocycles. The number of hydrogen-bond donors (Lipinski definition) is 1. The molecular formula is C20H27NO5. The molecule has 1 unspecified atom stereocenters. The number of carbonyl (C=O) groups is 3. The molecule has 142 valence electrons. The second-order valence-corrected chi connectivity index (χ2v) is 7.09. The van der Waals surface area contributed by atoms with Crippen molar-refractivity contribution >= 4 is 17.5 Å². The first-order chi connectivity index (χ1) is 12.5. The van der Waals surface area contributed by atoms with Crippen LogP contribution in [0, 0.1) is 18.8 Å². The van der Waals surface area contributed by atoms with E-state index in [2.05, 4.69) is 4.98 Å². The van der Waals surface area contributed by atoms with Crippen molar-refractivity contribution in [1.29, 1.82) is 0 Å². The summed E-state index contributed by atoms with van der Waals surface area (Å²) in [7, 11) is 0. The van der Waals surface area contributed by atoms with Crippen molar-refractivity contribution in [3.63, 3.8) is 0 Å². The maximum absolute atomic E-state index is 12.7. The molecule has 0 amide bonds. The van der Waals surface area contributed by atoms with Crippen LogP contribution >= 0.6 is 0 Å². The van der Waals surface area contributed by atoms with Crippen LogP contribution < -0.4 is 0 Å². The van der Waals surface area contributed by atoms with Crippen LogP contribution in [0.15, 0.2) is 18.5 Å². The Bertz CT molecular complexity index is 637. The normalized spacial score (nSPS) is 16.2. The second-order valence-electron chi connectivity index (χ2n) is 7.09. The Morgan fingerprint density at radius 1 is 1.23 bits per heavy atom. The van der Waals surface area contributed by atoms with E-state index in [1.807, 2.05) is 6.92 Å². The average Bonchev–Trinajstić information content (AvgIpc) is 2.62. The van der Waals surface area contributed by atoms with Crippen LogP contribution in [0.25, 0.3) is 0 Å². The number of carbonyl (C=O) groups excluding carboxylic acids is 2. The third-order valence-corrected chi connectivity index (χ3v) is 4.83. The first-order valence-electron chi connectivity index (χ1n) is 9.25. The van der Waals surface area contributed by atoms with Gasteiger partial charge in [-0.2, -0.15) is 0 Å². The van der Waals surface area contributed by atoms with Gasteiger partial charge in [0.15, 0.2) is 11.6 Å². The van der Waals surface area contributed by atoms with Crippen LogP contribution in [0.2, 0.25) is 0 Å². The van der Waals surface area contributed by atoms with Crippen molar-refractivity contribution in [1.82, 2.24) is 4.98 Å². The lowest BCUT2D eigenvalue weighted by molar-refractivity contribution is -0.137. The molecule has 1 aromatic heterocycles. The highest BCUT2D eigenvalue weighted by atomic mass is 16.5. The highest BCUT2D eigenvalue weighted by Crippen LogP contribution is 2.24. The van der Waals surface area contributed by atoms with Crippen LogP contribution in [-0.2, 0) is 14.3 Å². The van der Waals surface area contributed by atoms with Gasteiger partial charge in [0.1, 0.15) is 6.61 Å². The summed E-state index contributed by atoms with van der Waals surface area (Å²) in [6.07, 6.45) is 8.67. The van der Waals surface area contributed by atoms with E-state index < -0.39 is 11.9 Å². The lowest BCUT2D eigenvalue weighted by atomic mass is 9.89. The third-order valence-electron chi connectivity index (χ3n) is 4.83. The monoisotopic (exact) mass is 361 g/mol. The highest BCUT2D eigenvalue weighted by molar-refractivity contribution is 6.11. The largest absolute Gasteiger partial charge is 0.481 e. The molecule has 0 bridgehead atoms. The SMILES string of the molecule is Cc1cncc(C(=O)C(CCC(=O)O)C(=O)COCC2CCCCC2)c1. The molecule has 0 aliphatic heterocycles. The number of pyridine rings is 1. The molecule has 1 heterocycles. The van der Waals surface area contributed by atoms with Crippen molar-refractivity contribution in [2.24, 2.45) is 11.8 Å². The number of carboxylic acid groups (broad SMARTS) is 1. The van der Waals surface area contributed by atoms with Gasteiger partial charge in [-0.1, -0.05) is 19.3 Å². The number of rotatable bonds is 10. The zero-order chi connectivity index (χ0) is 18.9. The summed E-state index contributed by atoms with van der Waals surface area (Å²) in [6.45, 7) is 2.19. The number of nitrogens with zero attached hydrogens (tertiary/aromatic N) is 1. The number of ether oxygens (including phenoxy) is 1. The van der Waals surface area contributed by atoms with Gasteiger partial charge in [-0.15, -0.1) is 0 Å². The van der Waals surface area contributed by atoms with Gasteiger partial charge in [-0.3, -0.25) is 19.4 Å². The van der Waals surface area contributed by atoms with E-state index in [1.165, 1.54) is 25.5 Å². The Labute approximate surface area is 154 Å². The summed E-state index contributed by atoms with van der Waals surface area (Å²) in [4.78, 5) is 40.1. The van der Waals surface area contributed by atoms with Gasteiger partial charge in [0, 0.05) is 31.0 Å². The molecule has 0 aromatic carbocycles. The molecule has 1 N–H and O–H groups in total. The van der Waals surface area contributed by atoms with E-state index in [-0.39, 0.29) is 31.0 Å². The number of hydrogen-bond acceptors (Lipinski definition) is 5. The maximum Gasteiger partial charge on any atom is 0.303 e. The fourth-order valence-electron chi connectivity index (χ4n) is 3.38. The molecule has 6 nitrogen and oxygen atoms in total. The highest BCUT2D eigenvalue weighted by Gasteiger charge is 2.28. The van der Waals surface area contributed by atoms with E-state index in [0.29, 0.717) is 18.1 Å². The van der Waals surface area contributed by atoms with Crippen molar-refractivity contribution in [3.05, 3.63) is 29.6 Å². The van der Waals surface area contributed by atoms with E-state index in [4.69, 9.17) is 9.84 Å². The Morgan fingerprint density at radius 2 is 1.96 bits per heavy atom. The molecule has 0 saturated heterocycles. The number of Topliss-reactive ketones (excluding diaryl/α,β-unsaturated/α-hetero) is 2. The van der Waals surface area contributed by atoms with Gasteiger partial charge in [0.05, 0.1) is 5.92 Å². The molecular weight excluding hydrogens is 334 g/mol. The van der Waals surface area contributed by atoms with Crippen molar-refractivity contribution in [2.45, 2.75) is 51.9 Å². The molecule has 1 atom stereocenters. The van der Waals surface area contributed by atoms with Crippen LogP contribution in [0.3, 0.4) is 0 Å². The van der Waals surface area contributed by atoms with Crippen molar-refractivity contribution in [2.75, 3.05) is 13.2 Å². The smallest absolute Gasteiger partial charge is 0.303 e. The minimum absolute atomic E-state index is 0.0201. The Kier molecular flexibility index (Phi) is 7.91. The summed E-state index contributed by atoms with van der Waals surface area (Å²) in [5.74, 6) is -2.28. The standard InChI is InChI=1S/C20H27NO5/c1-14-9-16(11-21-10-14)20(25)17(7-8-19(23)24)18(22)13-26-12-15-5-3-2-4-6-15/h9-11,15,17H,2-8,12-13H2,1H3,(H,23,24). The summed E-state index contributed by atoms with van der Waals surface area (Å²) in [6, 6.07) is 1.67.